The molecule has 124 valence electrons. The van der Waals surface area contributed by atoms with E-state index in [2.05, 4.69) is 23.1 Å². The van der Waals surface area contributed by atoms with Crippen molar-refractivity contribution in [2.24, 2.45) is 0 Å². The number of aliphatic hydroxyl groups excluding tert-OH is 1. The van der Waals surface area contributed by atoms with Gasteiger partial charge in [0, 0.05) is 12.6 Å². The van der Waals surface area contributed by atoms with Crippen molar-refractivity contribution in [1.82, 2.24) is 4.90 Å². The molecule has 1 aliphatic heterocycles. The van der Waals surface area contributed by atoms with Crippen LogP contribution in [-0.4, -0.2) is 30.2 Å². The summed E-state index contributed by atoms with van der Waals surface area (Å²) in [5, 5.41) is 19.4. The number of nitriles is 1. The first-order valence-corrected chi connectivity index (χ1v) is 8.27. The van der Waals surface area contributed by atoms with Gasteiger partial charge in [0.25, 0.3) is 0 Å². The summed E-state index contributed by atoms with van der Waals surface area (Å²) in [6.45, 7) is 1.57. The molecule has 2 aromatic rings. The highest BCUT2D eigenvalue weighted by atomic mass is 16.5. The maximum absolute atomic E-state index is 10.6. The molecule has 4 nitrogen and oxygen atoms in total. The average molecular weight is 322 g/mol. The fraction of sp³-hybridized carbons (Fsp3) is 0.350. The summed E-state index contributed by atoms with van der Waals surface area (Å²) in [7, 11) is 1.68. The van der Waals surface area contributed by atoms with E-state index in [-0.39, 0.29) is 0 Å². The van der Waals surface area contributed by atoms with Gasteiger partial charge in [-0.15, -0.1) is 0 Å². The number of benzene rings is 2. The Balaban J connectivity index is 1.72. The lowest BCUT2D eigenvalue weighted by atomic mass is 10.0. The number of β-amino-alcohol motifs (C(OH)–C–C–N with tert-alkyl or cyclic N) is 1. The normalized spacial score (nSPS) is 19.0. The van der Waals surface area contributed by atoms with Crippen LogP contribution >= 0.6 is 0 Å². The van der Waals surface area contributed by atoms with Gasteiger partial charge in [0.15, 0.2) is 0 Å². The van der Waals surface area contributed by atoms with Gasteiger partial charge < -0.3 is 9.84 Å². The third-order valence-electron chi connectivity index (χ3n) is 4.67. The Morgan fingerprint density at radius 2 is 2.08 bits per heavy atom. The van der Waals surface area contributed by atoms with Crippen LogP contribution in [0.1, 0.15) is 41.7 Å². The minimum atomic E-state index is -0.552. The van der Waals surface area contributed by atoms with E-state index in [1.165, 1.54) is 5.56 Å². The molecule has 1 aliphatic rings. The van der Waals surface area contributed by atoms with Gasteiger partial charge in [0.1, 0.15) is 5.75 Å². The summed E-state index contributed by atoms with van der Waals surface area (Å²) in [5.41, 5.74) is 2.70. The van der Waals surface area contributed by atoms with Crippen LogP contribution in [0.25, 0.3) is 0 Å². The van der Waals surface area contributed by atoms with Crippen LogP contribution in [0, 0.1) is 11.3 Å². The van der Waals surface area contributed by atoms with Gasteiger partial charge >= 0.3 is 0 Å². The van der Waals surface area contributed by atoms with E-state index in [1.54, 1.807) is 19.2 Å². The van der Waals surface area contributed by atoms with Gasteiger partial charge in [-0.25, -0.2) is 0 Å². The summed E-state index contributed by atoms with van der Waals surface area (Å²) in [5.74, 6) is 0.868. The molecule has 1 fully saturated rings. The largest absolute Gasteiger partial charge is 0.497 e. The van der Waals surface area contributed by atoms with Crippen molar-refractivity contribution in [3.63, 3.8) is 0 Å². The van der Waals surface area contributed by atoms with E-state index in [0.29, 0.717) is 18.2 Å². The molecule has 2 aromatic carbocycles. The highest BCUT2D eigenvalue weighted by Gasteiger charge is 2.28. The topological polar surface area (TPSA) is 56.5 Å². The highest BCUT2D eigenvalue weighted by molar-refractivity contribution is 5.33. The minimum Gasteiger partial charge on any atom is -0.497 e. The number of aliphatic hydroxyl groups is 1. The standard InChI is InChI=1S/C20H22N2O2/c1-24-18-5-2-4-17(12-18)19-6-3-11-22(19)14-20(23)16-9-7-15(13-21)8-10-16/h2,4-5,7-10,12,19-20,23H,3,6,11,14H2,1H3. The first-order chi connectivity index (χ1) is 11.7. The molecule has 1 heterocycles. The molecule has 4 heteroatoms. The number of rotatable bonds is 5. The van der Waals surface area contributed by atoms with Crippen molar-refractivity contribution >= 4 is 0 Å². The lowest BCUT2D eigenvalue weighted by molar-refractivity contribution is 0.106. The van der Waals surface area contributed by atoms with E-state index < -0.39 is 6.10 Å². The molecule has 0 aliphatic carbocycles. The van der Waals surface area contributed by atoms with Gasteiger partial charge in [-0.1, -0.05) is 24.3 Å². The second-order valence-electron chi connectivity index (χ2n) is 6.18. The second kappa shape index (κ2) is 7.48. The lowest BCUT2D eigenvalue weighted by Gasteiger charge is -2.27. The van der Waals surface area contributed by atoms with Crippen molar-refractivity contribution in [3.8, 4) is 11.8 Å². The summed E-state index contributed by atoms with van der Waals surface area (Å²) < 4.78 is 5.33. The van der Waals surface area contributed by atoms with Gasteiger partial charge in [-0.2, -0.15) is 5.26 Å². The summed E-state index contributed by atoms with van der Waals surface area (Å²) in [6.07, 6.45) is 1.67. The Morgan fingerprint density at radius 3 is 2.79 bits per heavy atom. The molecule has 0 aromatic heterocycles. The van der Waals surface area contributed by atoms with Crippen LogP contribution < -0.4 is 4.74 Å². The first kappa shape index (κ1) is 16.5. The summed E-state index contributed by atoms with van der Waals surface area (Å²) in [6, 6.07) is 17.8. The van der Waals surface area contributed by atoms with Crippen molar-refractivity contribution < 1.29 is 9.84 Å². The maximum Gasteiger partial charge on any atom is 0.119 e. The zero-order valence-corrected chi connectivity index (χ0v) is 13.9. The van der Waals surface area contributed by atoms with Crippen LogP contribution in [0.2, 0.25) is 0 Å². The molecular weight excluding hydrogens is 300 g/mol. The quantitative estimate of drug-likeness (QED) is 0.916. The highest BCUT2D eigenvalue weighted by Crippen LogP contribution is 2.34. The van der Waals surface area contributed by atoms with Crippen molar-refractivity contribution in [2.75, 3.05) is 20.2 Å². The Hall–Kier alpha value is -2.35. The predicted octanol–water partition coefficient (Wildman–Crippen LogP) is 3.44. The molecule has 1 saturated heterocycles. The number of hydrogen-bond donors (Lipinski definition) is 1. The molecule has 2 atom stereocenters. The molecule has 0 radical (unpaired) electrons. The fourth-order valence-corrected chi connectivity index (χ4v) is 3.38. The molecule has 2 unspecified atom stereocenters. The molecule has 3 rings (SSSR count). The smallest absolute Gasteiger partial charge is 0.119 e. The van der Waals surface area contributed by atoms with Gasteiger partial charge in [0.2, 0.25) is 0 Å². The third-order valence-corrected chi connectivity index (χ3v) is 4.67. The fourth-order valence-electron chi connectivity index (χ4n) is 3.38. The van der Waals surface area contributed by atoms with Gasteiger partial charge in [-0.05, 0) is 54.8 Å². The number of nitrogens with zero attached hydrogens (tertiary/aromatic N) is 2. The van der Waals surface area contributed by atoms with Crippen LogP contribution in [0.4, 0.5) is 0 Å². The lowest BCUT2D eigenvalue weighted by Crippen LogP contribution is -2.28. The molecule has 1 N–H and O–H groups in total. The maximum atomic E-state index is 10.6. The monoisotopic (exact) mass is 322 g/mol. The zero-order chi connectivity index (χ0) is 16.9. The molecule has 24 heavy (non-hydrogen) atoms. The van der Waals surface area contributed by atoms with Crippen LogP contribution in [0.3, 0.4) is 0 Å². The van der Waals surface area contributed by atoms with Crippen LogP contribution in [-0.2, 0) is 0 Å². The average Bonchev–Trinajstić information content (AvgIpc) is 3.10. The third kappa shape index (κ3) is 3.59. The Labute approximate surface area is 142 Å². The van der Waals surface area contributed by atoms with E-state index in [9.17, 15) is 5.11 Å². The zero-order valence-electron chi connectivity index (χ0n) is 13.9. The van der Waals surface area contributed by atoms with E-state index in [4.69, 9.17) is 10.00 Å². The van der Waals surface area contributed by atoms with Gasteiger partial charge in [0.05, 0.1) is 24.8 Å². The van der Waals surface area contributed by atoms with E-state index >= 15 is 0 Å². The Kier molecular flexibility index (Phi) is 5.14. The molecule has 0 saturated carbocycles. The Morgan fingerprint density at radius 1 is 1.29 bits per heavy atom. The van der Waals surface area contributed by atoms with E-state index in [1.807, 2.05) is 24.3 Å². The van der Waals surface area contributed by atoms with Crippen LogP contribution in [0.15, 0.2) is 48.5 Å². The van der Waals surface area contributed by atoms with E-state index in [0.717, 1.165) is 30.7 Å². The Bertz CT molecular complexity index is 721. The minimum absolute atomic E-state index is 0.313. The number of ether oxygens (including phenoxy) is 1. The predicted molar refractivity (Wildman–Crippen MR) is 92.7 cm³/mol. The van der Waals surface area contributed by atoms with Gasteiger partial charge in [-0.3, -0.25) is 4.90 Å². The second-order valence-corrected chi connectivity index (χ2v) is 6.18. The molecule has 0 bridgehead atoms. The molecule has 0 spiro atoms. The summed E-state index contributed by atoms with van der Waals surface area (Å²) in [4.78, 5) is 2.33. The van der Waals surface area contributed by atoms with Crippen molar-refractivity contribution in [3.05, 3.63) is 65.2 Å². The van der Waals surface area contributed by atoms with Crippen LogP contribution in [0.5, 0.6) is 5.75 Å². The molecule has 0 amide bonds. The summed E-state index contributed by atoms with van der Waals surface area (Å²) >= 11 is 0. The number of likely N-dealkylation sites (tertiary alicyclic amines) is 1. The SMILES string of the molecule is COc1cccc(C2CCCN2CC(O)c2ccc(C#N)cc2)c1. The van der Waals surface area contributed by atoms with Crippen molar-refractivity contribution in [2.45, 2.75) is 25.0 Å². The number of hydrogen-bond acceptors (Lipinski definition) is 4. The molecular formula is C20H22N2O2. The number of methoxy groups -OCH3 is 1. The van der Waals surface area contributed by atoms with Crippen molar-refractivity contribution in [1.29, 1.82) is 5.26 Å². The first-order valence-electron chi connectivity index (χ1n) is 8.27.